The summed E-state index contributed by atoms with van der Waals surface area (Å²) in [6.45, 7) is 5.44. The highest BCUT2D eigenvalue weighted by molar-refractivity contribution is 5.52. The zero-order chi connectivity index (χ0) is 11.0. The zero-order valence-corrected chi connectivity index (χ0v) is 9.75. The minimum atomic E-state index is 1.07. The predicted molar refractivity (Wildman–Crippen MR) is 64.9 cm³/mol. The zero-order valence-electron chi connectivity index (χ0n) is 9.75. The topological polar surface area (TPSA) is 29.3 Å². The van der Waals surface area contributed by atoms with Crippen LogP contribution < -0.4 is 10.6 Å². The van der Waals surface area contributed by atoms with Gasteiger partial charge in [-0.05, 0) is 32.0 Å². The average Bonchev–Trinajstić information content (AvgIpc) is 2.30. The molecule has 0 fully saturated rings. The SMILES string of the molecule is CCc1ccccc1N(C)CC.CN. The molecule has 0 heterocycles. The van der Waals surface area contributed by atoms with E-state index < -0.39 is 0 Å². The second-order valence-corrected chi connectivity index (χ2v) is 3.00. The Kier molecular flexibility index (Phi) is 6.85. The molecule has 80 valence electrons. The van der Waals surface area contributed by atoms with Crippen molar-refractivity contribution in [2.45, 2.75) is 20.3 Å². The van der Waals surface area contributed by atoms with Crippen LogP contribution in [0.25, 0.3) is 0 Å². The maximum Gasteiger partial charge on any atom is 0.0395 e. The van der Waals surface area contributed by atoms with Gasteiger partial charge in [0.25, 0.3) is 0 Å². The lowest BCUT2D eigenvalue weighted by Crippen LogP contribution is -2.17. The van der Waals surface area contributed by atoms with Gasteiger partial charge in [0.2, 0.25) is 0 Å². The van der Waals surface area contributed by atoms with Gasteiger partial charge in [-0.3, -0.25) is 0 Å². The van der Waals surface area contributed by atoms with Crippen LogP contribution in [0.2, 0.25) is 0 Å². The normalized spacial score (nSPS) is 8.93. The predicted octanol–water partition coefficient (Wildman–Crippen LogP) is 2.28. The van der Waals surface area contributed by atoms with E-state index in [1.807, 2.05) is 0 Å². The summed E-state index contributed by atoms with van der Waals surface area (Å²) in [5.41, 5.74) is 7.30. The Balaban J connectivity index is 0.000000791. The van der Waals surface area contributed by atoms with E-state index in [2.05, 4.69) is 55.8 Å². The van der Waals surface area contributed by atoms with Gasteiger partial charge in [0, 0.05) is 19.3 Å². The van der Waals surface area contributed by atoms with Crippen molar-refractivity contribution in [3.05, 3.63) is 29.8 Å². The fourth-order valence-electron chi connectivity index (χ4n) is 1.35. The lowest BCUT2D eigenvalue weighted by atomic mass is 10.1. The number of benzene rings is 1. The van der Waals surface area contributed by atoms with E-state index in [1.54, 1.807) is 0 Å². The van der Waals surface area contributed by atoms with Crippen LogP contribution in [0, 0.1) is 0 Å². The number of para-hydroxylation sites is 1. The molecule has 0 unspecified atom stereocenters. The summed E-state index contributed by atoms with van der Waals surface area (Å²) in [5.74, 6) is 0. The van der Waals surface area contributed by atoms with Crippen LogP contribution in [-0.2, 0) is 6.42 Å². The third-order valence-electron chi connectivity index (χ3n) is 2.26. The molecule has 0 radical (unpaired) electrons. The molecular weight excluding hydrogens is 172 g/mol. The van der Waals surface area contributed by atoms with Crippen LogP contribution in [0.4, 0.5) is 5.69 Å². The molecule has 2 heteroatoms. The molecule has 0 aliphatic carbocycles. The Bertz CT molecular complexity index is 246. The monoisotopic (exact) mass is 194 g/mol. The van der Waals surface area contributed by atoms with Crippen molar-refractivity contribution >= 4 is 5.69 Å². The lowest BCUT2D eigenvalue weighted by molar-refractivity contribution is 0.948. The molecule has 0 spiro atoms. The molecule has 0 atom stereocenters. The first kappa shape index (κ1) is 13.0. The van der Waals surface area contributed by atoms with Gasteiger partial charge in [0.05, 0.1) is 0 Å². The number of anilines is 1. The van der Waals surface area contributed by atoms with Crippen LogP contribution in [0.1, 0.15) is 19.4 Å². The van der Waals surface area contributed by atoms with Gasteiger partial charge >= 0.3 is 0 Å². The molecule has 0 aliphatic heterocycles. The summed E-state index contributed by atoms with van der Waals surface area (Å²) >= 11 is 0. The number of rotatable bonds is 3. The van der Waals surface area contributed by atoms with Crippen molar-refractivity contribution in [2.24, 2.45) is 5.73 Å². The first-order valence-electron chi connectivity index (χ1n) is 5.16. The molecule has 2 nitrogen and oxygen atoms in total. The maximum absolute atomic E-state index is 4.50. The minimum Gasteiger partial charge on any atom is -0.375 e. The Morgan fingerprint density at radius 2 is 1.71 bits per heavy atom. The largest absolute Gasteiger partial charge is 0.375 e. The van der Waals surface area contributed by atoms with E-state index in [-0.39, 0.29) is 0 Å². The van der Waals surface area contributed by atoms with E-state index in [9.17, 15) is 0 Å². The summed E-state index contributed by atoms with van der Waals surface area (Å²) in [7, 11) is 3.63. The fraction of sp³-hybridized carbons (Fsp3) is 0.500. The van der Waals surface area contributed by atoms with Crippen LogP contribution in [0.5, 0.6) is 0 Å². The molecule has 1 aromatic rings. The Morgan fingerprint density at radius 3 is 2.21 bits per heavy atom. The Hall–Kier alpha value is -1.02. The molecule has 0 saturated carbocycles. The molecule has 2 N–H and O–H groups in total. The quantitative estimate of drug-likeness (QED) is 0.800. The first-order valence-corrected chi connectivity index (χ1v) is 5.16. The first-order chi connectivity index (χ1) is 6.79. The summed E-state index contributed by atoms with van der Waals surface area (Å²) in [5, 5.41) is 0. The standard InChI is InChI=1S/C11H17N.CH5N/c1-4-10-8-6-7-9-11(10)12(3)5-2;1-2/h6-9H,4-5H2,1-3H3;2H2,1H3. The van der Waals surface area contributed by atoms with Crippen LogP contribution in [0.3, 0.4) is 0 Å². The highest BCUT2D eigenvalue weighted by Crippen LogP contribution is 2.18. The van der Waals surface area contributed by atoms with Gasteiger partial charge in [-0.15, -0.1) is 0 Å². The van der Waals surface area contributed by atoms with E-state index in [1.165, 1.54) is 18.3 Å². The average molecular weight is 194 g/mol. The molecule has 0 aliphatic rings. The smallest absolute Gasteiger partial charge is 0.0395 e. The molecule has 14 heavy (non-hydrogen) atoms. The highest BCUT2D eigenvalue weighted by Gasteiger charge is 2.01. The molecule has 0 aromatic heterocycles. The van der Waals surface area contributed by atoms with Crippen molar-refractivity contribution in [2.75, 3.05) is 25.5 Å². The molecular formula is C12H22N2. The second kappa shape index (κ2) is 7.39. The number of aryl methyl sites for hydroxylation is 1. The van der Waals surface area contributed by atoms with E-state index in [0.717, 1.165) is 13.0 Å². The number of nitrogens with two attached hydrogens (primary N) is 1. The lowest BCUT2D eigenvalue weighted by Gasteiger charge is -2.19. The van der Waals surface area contributed by atoms with Crippen molar-refractivity contribution in [3.63, 3.8) is 0 Å². The van der Waals surface area contributed by atoms with Gasteiger partial charge in [-0.1, -0.05) is 25.1 Å². The van der Waals surface area contributed by atoms with Gasteiger partial charge in [0.1, 0.15) is 0 Å². The molecule has 1 aromatic carbocycles. The summed E-state index contributed by atoms with van der Waals surface area (Å²) in [6, 6.07) is 8.58. The Labute approximate surface area is 87.7 Å². The van der Waals surface area contributed by atoms with Gasteiger partial charge < -0.3 is 10.6 Å². The highest BCUT2D eigenvalue weighted by atomic mass is 15.1. The van der Waals surface area contributed by atoms with Gasteiger partial charge in [-0.25, -0.2) is 0 Å². The Morgan fingerprint density at radius 1 is 1.14 bits per heavy atom. The summed E-state index contributed by atoms with van der Waals surface area (Å²) < 4.78 is 0. The third-order valence-corrected chi connectivity index (χ3v) is 2.26. The van der Waals surface area contributed by atoms with Gasteiger partial charge in [-0.2, -0.15) is 0 Å². The van der Waals surface area contributed by atoms with Crippen molar-refractivity contribution in [3.8, 4) is 0 Å². The van der Waals surface area contributed by atoms with Crippen molar-refractivity contribution < 1.29 is 0 Å². The number of hydrogen-bond acceptors (Lipinski definition) is 2. The van der Waals surface area contributed by atoms with Crippen LogP contribution >= 0.6 is 0 Å². The summed E-state index contributed by atoms with van der Waals surface area (Å²) in [6.07, 6.45) is 1.11. The second-order valence-electron chi connectivity index (χ2n) is 3.00. The number of hydrogen-bond donors (Lipinski definition) is 1. The van der Waals surface area contributed by atoms with Crippen molar-refractivity contribution in [1.82, 2.24) is 0 Å². The van der Waals surface area contributed by atoms with E-state index >= 15 is 0 Å². The maximum atomic E-state index is 4.50. The molecule has 0 bridgehead atoms. The molecule has 0 amide bonds. The number of nitrogens with zero attached hydrogens (tertiary/aromatic N) is 1. The third kappa shape index (κ3) is 3.38. The van der Waals surface area contributed by atoms with Gasteiger partial charge in [0.15, 0.2) is 0 Å². The van der Waals surface area contributed by atoms with Crippen molar-refractivity contribution in [1.29, 1.82) is 0 Å². The van der Waals surface area contributed by atoms with Crippen LogP contribution in [-0.4, -0.2) is 20.6 Å². The summed E-state index contributed by atoms with van der Waals surface area (Å²) in [4.78, 5) is 2.28. The van der Waals surface area contributed by atoms with Crippen LogP contribution in [0.15, 0.2) is 24.3 Å². The fourth-order valence-corrected chi connectivity index (χ4v) is 1.35. The molecule has 1 rings (SSSR count). The molecule has 0 saturated heterocycles. The minimum absolute atomic E-state index is 1.07. The van der Waals surface area contributed by atoms with E-state index in [0.29, 0.717) is 0 Å². The van der Waals surface area contributed by atoms with E-state index in [4.69, 9.17) is 0 Å².